The maximum Gasteiger partial charge on any atom is 0.282 e. The molecule has 2 aliphatic carbocycles. The molecule has 1 N–H and O–H groups in total. The van der Waals surface area contributed by atoms with Crippen LogP contribution in [0.2, 0.25) is 0 Å². The fraction of sp³-hybridized carbons (Fsp3) is 0.529. The van der Waals surface area contributed by atoms with E-state index in [0.717, 1.165) is 4.74 Å². The normalized spacial score (nSPS) is 33.1. The highest BCUT2D eigenvalue weighted by atomic mass is 16.6. The Morgan fingerprint density at radius 3 is 2.54 bits per heavy atom. The van der Waals surface area contributed by atoms with Gasteiger partial charge in [0, 0.05) is 19.4 Å². The zero-order valence-electron chi connectivity index (χ0n) is 14.0. The first kappa shape index (κ1) is 16.4. The van der Waals surface area contributed by atoms with Crippen LogP contribution in [0.25, 0.3) is 0 Å². The molecule has 3 rings (SSSR count). The number of hydroxylamine groups is 1. The van der Waals surface area contributed by atoms with Crippen molar-refractivity contribution >= 4 is 17.6 Å². The molecule has 128 valence electrons. The third-order valence-corrected chi connectivity index (χ3v) is 5.94. The molecule has 3 unspecified atom stereocenters. The molecule has 2 aliphatic rings. The molecule has 7 nitrogen and oxygen atoms in total. The Hall–Kier alpha value is -2.44. The highest BCUT2D eigenvalue weighted by Crippen LogP contribution is 2.66. The summed E-state index contributed by atoms with van der Waals surface area (Å²) in [6.07, 6.45) is 2.39. The summed E-state index contributed by atoms with van der Waals surface area (Å²) in [7, 11) is 0. The first-order valence-electron chi connectivity index (χ1n) is 7.98. The minimum atomic E-state index is -0.993. The molecule has 1 aromatic carbocycles. The van der Waals surface area contributed by atoms with Gasteiger partial charge in [-0.25, -0.2) is 0 Å². The van der Waals surface area contributed by atoms with E-state index in [-0.39, 0.29) is 16.7 Å². The van der Waals surface area contributed by atoms with Crippen LogP contribution in [0, 0.1) is 32.6 Å². The lowest BCUT2D eigenvalue weighted by atomic mass is 9.81. The van der Waals surface area contributed by atoms with E-state index in [2.05, 4.69) is 19.0 Å². The molecule has 0 heterocycles. The van der Waals surface area contributed by atoms with Crippen LogP contribution in [-0.2, 0) is 0 Å². The van der Waals surface area contributed by atoms with Crippen molar-refractivity contribution in [3.8, 4) is 0 Å². The Morgan fingerprint density at radius 1 is 1.25 bits per heavy atom. The van der Waals surface area contributed by atoms with E-state index >= 15 is 0 Å². The van der Waals surface area contributed by atoms with Gasteiger partial charge in [-0.3, -0.25) is 10.1 Å². The van der Waals surface area contributed by atoms with E-state index < -0.39 is 10.5 Å². The Kier molecular flexibility index (Phi) is 3.62. The number of nitro groups is 1. The lowest BCUT2D eigenvalue weighted by molar-refractivity contribution is -0.521. The smallest absolute Gasteiger partial charge is 0.282 e. The van der Waals surface area contributed by atoms with Gasteiger partial charge in [0.15, 0.2) is 6.21 Å². The number of nitrogens with zero attached hydrogens (tertiary/aromatic N) is 3. The molecule has 0 bridgehead atoms. The number of fused-ring (bicyclic) bond motifs is 1. The van der Waals surface area contributed by atoms with Gasteiger partial charge in [-0.05, 0) is 29.7 Å². The van der Waals surface area contributed by atoms with E-state index in [4.69, 9.17) is 0 Å². The second-order valence-corrected chi connectivity index (χ2v) is 7.53. The van der Waals surface area contributed by atoms with Crippen LogP contribution in [0.1, 0.15) is 39.2 Å². The molecule has 2 saturated carbocycles. The van der Waals surface area contributed by atoms with Gasteiger partial charge in [-0.1, -0.05) is 31.1 Å². The summed E-state index contributed by atoms with van der Waals surface area (Å²) in [5, 5.41) is 36.8. The number of rotatable bonds is 3. The minimum absolute atomic E-state index is 0.120. The highest BCUT2D eigenvalue weighted by Gasteiger charge is 2.66. The topological polar surface area (TPSA) is 102 Å². The van der Waals surface area contributed by atoms with Gasteiger partial charge in [0.05, 0.1) is 4.92 Å². The Labute approximate surface area is 140 Å². The minimum Gasteiger partial charge on any atom is -0.623 e. The van der Waals surface area contributed by atoms with E-state index in [0.29, 0.717) is 30.4 Å². The van der Waals surface area contributed by atoms with E-state index in [1.54, 1.807) is 19.1 Å². The largest absolute Gasteiger partial charge is 0.623 e. The van der Waals surface area contributed by atoms with Crippen molar-refractivity contribution in [1.82, 2.24) is 0 Å². The summed E-state index contributed by atoms with van der Waals surface area (Å²) in [5.41, 5.74) is -0.294. The highest BCUT2D eigenvalue weighted by molar-refractivity contribution is 5.94. The van der Waals surface area contributed by atoms with Crippen LogP contribution in [0.5, 0.6) is 0 Å². The van der Waals surface area contributed by atoms with Crippen LogP contribution >= 0.6 is 0 Å². The first-order valence-corrected chi connectivity index (χ1v) is 7.98. The molecular formula is C17H21N3O4. The van der Waals surface area contributed by atoms with Gasteiger partial charge < -0.3 is 10.4 Å². The molecule has 0 radical (unpaired) electrons. The summed E-state index contributed by atoms with van der Waals surface area (Å²) >= 11 is 0. The van der Waals surface area contributed by atoms with Gasteiger partial charge in [0.1, 0.15) is 11.3 Å². The molecule has 2 fully saturated rings. The van der Waals surface area contributed by atoms with Gasteiger partial charge in [-0.2, -0.15) is 4.74 Å². The summed E-state index contributed by atoms with van der Waals surface area (Å²) in [6.45, 7) is 6.05. The standard InChI is InChI=1S/C17H21N3O4/c1-16(2)12-8-15(18-21)17(3,9-13(12)16)19(22)10-11-6-4-5-7-14(11)20(23)24/h4-7,10,12-13,21H,8-9H2,1-3H3/b18-15+,19-10+. The van der Waals surface area contributed by atoms with Crippen molar-refractivity contribution in [3.05, 3.63) is 45.2 Å². The molecular weight excluding hydrogens is 310 g/mol. The van der Waals surface area contributed by atoms with Crippen LogP contribution in [0.15, 0.2) is 29.4 Å². The van der Waals surface area contributed by atoms with Crippen molar-refractivity contribution in [2.45, 2.75) is 39.2 Å². The van der Waals surface area contributed by atoms with Gasteiger partial charge in [0.2, 0.25) is 5.54 Å². The lowest BCUT2D eigenvalue weighted by Gasteiger charge is -2.31. The number of nitro benzene ring substituents is 1. The number of para-hydroxylation sites is 1. The zero-order chi connectivity index (χ0) is 17.7. The maximum absolute atomic E-state index is 12.9. The van der Waals surface area contributed by atoms with E-state index in [9.17, 15) is 20.5 Å². The molecule has 0 aliphatic heterocycles. The molecule has 24 heavy (non-hydrogen) atoms. The summed E-state index contributed by atoms with van der Waals surface area (Å²) < 4.78 is 0.717. The Morgan fingerprint density at radius 2 is 1.92 bits per heavy atom. The third kappa shape index (κ3) is 2.35. The van der Waals surface area contributed by atoms with E-state index in [1.807, 2.05) is 0 Å². The molecule has 3 atom stereocenters. The van der Waals surface area contributed by atoms with Crippen molar-refractivity contribution in [2.24, 2.45) is 22.4 Å². The maximum atomic E-state index is 12.9. The molecule has 1 aromatic rings. The van der Waals surface area contributed by atoms with Crippen molar-refractivity contribution in [3.63, 3.8) is 0 Å². The van der Waals surface area contributed by atoms with Crippen LogP contribution in [0.4, 0.5) is 5.69 Å². The SMILES string of the molecule is CC1(C)C2C/C(=N\O)C(C)(/[N+]([O-])=C\c3ccccc3[N+](=O)[O-])CC21. The van der Waals surface area contributed by atoms with Crippen LogP contribution < -0.4 is 0 Å². The van der Waals surface area contributed by atoms with Crippen LogP contribution in [0.3, 0.4) is 0 Å². The van der Waals surface area contributed by atoms with Crippen molar-refractivity contribution < 1.29 is 14.9 Å². The molecule has 0 aromatic heterocycles. The number of oxime groups is 1. The summed E-state index contributed by atoms with van der Waals surface area (Å²) in [6, 6.07) is 6.11. The summed E-state index contributed by atoms with van der Waals surface area (Å²) in [5.74, 6) is 0.819. The molecule has 0 amide bonds. The fourth-order valence-corrected chi connectivity index (χ4v) is 4.04. The quantitative estimate of drug-likeness (QED) is 0.229. The Balaban J connectivity index is 1.99. The Bertz CT molecular complexity index is 756. The second-order valence-electron chi connectivity index (χ2n) is 7.53. The molecule has 0 spiro atoms. The lowest BCUT2D eigenvalue weighted by Crippen LogP contribution is -2.48. The van der Waals surface area contributed by atoms with Gasteiger partial charge >= 0.3 is 0 Å². The number of benzene rings is 1. The molecule has 7 heteroatoms. The van der Waals surface area contributed by atoms with Crippen molar-refractivity contribution in [2.75, 3.05) is 0 Å². The molecule has 0 saturated heterocycles. The third-order valence-electron chi connectivity index (χ3n) is 5.94. The van der Waals surface area contributed by atoms with Crippen molar-refractivity contribution in [1.29, 1.82) is 0 Å². The monoisotopic (exact) mass is 331 g/mol. The number of hydrogen-bond acceptors (Lipinski definition) is 5. The van der Waals surface area contributed by atoms with E-state index in [1.165, 1.54) is 18.3 Å². The van der Waals surface area contributed by atoms with Gasteiger partial charge in [-0.15, -0.1) is 0 Å². The summed E-state index contributed by atoms with van der Waals surface area (Å²) in [4.78, 5) is 10.6. The average molecular weight is 331 g/mol. The predicted octanol–water partition coefficient (Wildman–Crippen LogP) is 3.18. The second kappa shape index (κ2) is 5.29. The van der Waals surface area contributed by atoms with Crippen LogP contribution in [-0.4, -0.2) is 32.3 Å². The zero-order valence-corrected chi connectivity index (χ0v) is 14.0. The van der Waals surface area contributed by atoms with Gasteiger partial charge in [0.25, 0.3) is 5.69 Å². The first-order chi connectivity index (χ1) is 11.2. The average Bonchev–Trinajstić information content (AvgIpc) is 3.06. The predicted molar refractivity (Wildman–Crippen MR) is 89.5 cm³/mol. The fourth-order valence-electron chi connectivity index (χ4n) is 4.04. The number of hydrogen-bond donors (Lipinski definition) is 1.